The fourth-order valence-corrected chi connectivity index (χ4v) is 9.16. The van der Waals surface area contributed by atoms with E-state index in [0.29, 0.717) is 25.9 Å². The summed E-state index contributed by atoms with van der Waals surface area (Å²) in [5.74, 6) is -1.75. The molecule has 3 rings (SSSR count). The predicted molar refractivity (Wildman–Crippen MR) is 239 cm³/mol. The van der Waals surface area contributed by atoms with Crippen molar-refractivity contribution in [3.05, 3.63) is 0 Å². The fourth-order valence-electron chi connectivity index (χ4n) is 9.16. The van der Waals surface area contributed by atoms with E-state index in [-0.39, 0.29) is 24.6 Å². The Bertz CT molecular complexity index is 1080. The van der Waals surface area contributed by atoms with Gasteiger partial charge in [-0.25, -0.2) is 0 Å². The Kier molecular flexibility index (Phi) is 27.1. The van der Waals surface area contributed by atoms with Crippen LogP contribution >= 0.6 is 0 Å². The molecule has 0 N–H and O–H groups in total. The third kappa shape index (κ3) is 22.6. The van der Waals surface area contributed by atoms with Crippen molar-refractivity contribution in [1.82, 2.24) is 4.90 Å². The highest BCUT2D eigenvalue weighted by molar-refractivity contribution is 5.76. The lowest BCUT2D eigenvalue weighted by Gasteiger charge is -2.39. The number of hydrogen-bond acceptors (Lipinski definition) is 8. The fraction of sp³-hybridized carbons (Fsp3) is 0.960. The molecule has 9 nitrogen and oxygen atoms in total. The first kappa shape index (κ1) is 52.1. The molecule has 0 aromatic rings. The van der Waals surface area contributed by atoms with Crippen molar-refractivity contribution in [2.75, 3.05) is 19.7 Å². The van der Waals surface area contributed by atoms with Crippen LogP contribution in [0.4, 0.5) is 0 Å². The summed E-state index contributed by atoms with van der Waals surface area (Å²) < 4.78 is 37.2. The maximum atomic E-state index is 13.8. The molecule has 0 bridgehead atoms. The third-order valence-electron chi connectivity index (χ3n) is 12.6. The van der Waals surface area contributed by atoms with Gasteiger partial charge in [0, 0.05) is 19.4 Å². The predicted octanol–water partition coefficient (Wildman–Crippen LogP) is 13.3. The van der Waals surface area contributed by atoms with Crippen molar-refractivity contribution in [2.24, 2.45) is 0 Å². The van der Waals surface area contributed by atoms with E-state index in [2.05, 4.69) is 13.8 Å². The number of carbonyl (C=O) groups is 2. The van der Waals surface area contributed by atoms with Gasteiger partial charge in [0.15, 0.2) is 17.9 Å². The highest BCUT2D eigenvalue weighted by atomic mass is 16.9. The van der Waals surface area contributed by atoms with Crippen LogP contribution in [0.2, 0.25) is 0 Å². The molecule has 5 atom stereocenters. The Balaban J connectivity index is 1.35. The number of esters is 1. The first-order chi connectivity index (χ1) is 28.5. The van der Waals surface area contributed by atoms with Crippen LogP contribution in [0.3, 0.4) is 0 Å². The molecule has 9 heteroatoms. The van der Waals surface area contributed by atoms with Gasteiger partial charge in [0.05, 0.1) is 6.54 Å². The van der Waals surface area contributed by atoms with E-state index >= 15 is 0 Å². The molecule has 0 spiro atoms. The van der Waals surface area contributed by atoms with Gasteiger partial charge in [0.2, 0.25) is 5.91 Å². The minimum absolute atomic E-state index is 0.0579. The first-order valence-electron chi connectivity index (χ1n) is 25.4. The second-order valence-electron chi connectivity index (χ2n) is 19.2. The number of amides is 1. The normalized spacial score (nSPS) is 23.0. The Hall–Kier alpha value is -1.26. The molecule has 59 heavy (non-hydrogen) atoms. The zero-order valence-electron chi connectivity index (χ0n) is 39.3. The molecule has 0 aliphatic carbocycles. The van der Waals surface area contributed by atoms with Crippen LogP contribution in [0.5, 0.6) is 0 Å². The molecule has 3 saturated heterocycles. The monoisotopic (exact) mass is 836 g/mol. The molecular formula is C50H93NO8. The number of nitrogens with zero attached hydrogens (tertiary/aromatic N) is 1. The number of fused-ring (bicyclic) bond motifs is 3. The lowest BCUT2D eigenvalue weighted by molar-refractivity contribution is -0.236. The van der Waals surface area contributed by atoms with Gasteiger partial charge in [-0.2, -0.15) is 0 Å². The minimum atomic E-state index is -0.812. The van der Waals surface area contributed by atoms with Gasteiger partial charge >= 0.3 is 5.97 Å². The number of carbonyl (C=O) groups excluding carboxylic acids is 2. The van der Waals surface area contributed by atoms with Gasteiger partial charge in [0.1, 0.15) is 31.0 Å². The van der Waals surface area contributed by atoms with E-state index in [1.807, 2.05) is 32.6 Å². The van der Waals surface area contributed by atoms with E-state index < -0.39 is 36.2 Å². The summed E-state index contributed by atoms with van der Waals surface area (Å²) >= 11 is 0. The minimum Gasteiger partial charge on any atom is -0.464 e. The molecule has 0 radical (unpaired) electrons. The molecule has 0 aromatic carbocycles. The molecule has 3 fully saturated rings. The second-order valence-corrected chi connectivity index (χ2v) is 19.2. The van der Waals surface area contributed by atoms with E-state index in [4.69, 9.17) is 28.4 Å². The van der Waals surface area contributed by atoms with Gasteiger partial charge < -0.3 is 33.3 Å². The standard InChI is InChI=1S/C50H93NO8/c1-7-9-11-13-15-17-19-21-23-25-27-29-31-33-35-37-43(52)51(41-42-45-46(57-49(3,4)56-45)47-48(55-42)59-50(5,6)58-47)39-40-54-44(53)38-36-34-32-30-28-26-24-22-20-18-16-14-12-10-8-2/h42,45-48H,7-41H2,1-6H3/t42-,45+,46+,47-,48-/m1/s1. The molecule has 0 aromatic heterocycles. The summed E-state index contributed by atoms with van der Waals surface area (Å²) in [6.45, 7) is 12.9. The number of hydrogen-bond donors (Lipinski definition) is 0. The molecule has 3 heterocycles. The van der Waals surface area contributed by atoms with Crippen molar-refractivity contribution >= 4 is 11.9 Å². The number of rotatable bonds is 37. The SMILES string of the molecule is CCCCCCCCCCCCCCCCCC(=O)OCCN(C[C@H]1O[C@@H]2OC(C)(C)O[C@@H]2[C@H]2OC(C)(C)O[C@H]21)C(=O)CCCCCCCCCCCCCCCCC. The van der Waals surface area contributed by atoms with E-state index in [9.17, 15) is 9.59 Å². The van der Waals surface area contributed by atoms with Gasteiger partial charge in [-0.3, -0.25) is 9.59 Å². The maximum absolute atomic E-state index is 13.8. The van der Waals surface area contributed by atoms with Gasteiger partial charge in [0.25, 0.3) is 0 Å². The highest BCUT2D eigenvalue weighted by Crippen LogP contribution is 2.44. The van der Waals surface area contributed by atoms with Crippen LogP contribution in [0.1, 0.15) is 247 Å². The van der Waals surface area contributed by atoms with Crippen LogP contribution in [0, 0.1) is 0 Å². The van der Waals surface area contributed by atoms with Crippen LogP contribution in [0.25, 0.3) is 0 Å². The Morgan fingerprint density at radius 2 is 0.847 bits per heavy atom. The topological polar surface area (TPSA) is 92.8 Å². The third-order valence-corrected chi connectivity index (χ3v) is 12.6. The molecular weight excluding hydrogens is 743 g/mol. The Morgan fingerprint density at radius 1 is 0.475 bits per heavy atom. The molecule has 1 amide bonds. The van der Waals surface area contributed by atoms with Crippen LogP contribution < -0.4 is 0 Å². The average molecular weight is 836 g/mol. The van der Waals surface area contributed by atoms with Gasteiger partial charge in [-0.05, 0) is 40.5 Å². The molecule has 346 valence electrons. The number of ether oxygens (including phenoxy) is 6. The van der Waals surface area contributed by atoms with Crippen molar-refractivity contribution in [1.29, 1.82) is 0 Å². The smallest absolute Gasteiger partial charge is 0.305 e. The number of unbranched alkanes of at least 4 members (excludes halogenated alkanes) is 28. The highest BCUT2D eigenvalue weighted by Gasteiger charge is 2.60. The lowest BCUT2D eigenvalue weighted by atomic mass is 9.98. The van der Waals surface area contributed by atoms with Crippen LogP contribution in [0.15, 0.2) is 0 Å². The zero-order chi connectivity index (χ0) is 42.6. The molecule has 3 aliphatic rings. The van der Waals surface area contributed by atoms with Crippen LogP contribution in [-0.2, 0) is 38.0 Å². The molecule has 3 aliphatic heterocycles. The summed E-state index contributed by atoms with van der Waals surface area (Å²) in [4.78, 5) is 28.4. The van der Waals surface area contributed by atoms with Crippen molar-refractivity contribution in [3.63, 3.8) is 0 Å². The van der Waals surface area contributed by atoms with E-state index in [1.54, 1.807) is 0 Å². The summed E-state index contributed by atoms with van der Waals surface area (Å²) in [7, 11) is 0. The maximum Gasteiger partial charge on any atom is 0.305 e. The molecule has 0 saturated carbocycles. The van der Waals surface area contributed by atoms with Gasteiger partial charge in [-0.15, -0.1) is 0 Å². The first-order valence-corrected chi connectivity index (χ1v) is 25.4. The van der Waals surface area contributed by atoms with Crippen molar-refractivity contribution < 1.29 is 38.0 Å². The Labute approximate surface area is 362 Å². The van der Waals surface area contributed by atoms with Crippen molar-refractivity contribution in [2.45, 2.75) is 289 Å². The van der Waals surface area contributed by atoms with Crippen molar-refractivity contribution in [3.8, 4) is 0 Å². The Morgan fingerprint density at radius 3 is 1.31 bits per heavy atom. The molecule has 0 unspecified atom stereocenters. The average Bonchev–Trinajstić information content (AvgIpc) is 3.70. The van der Waals surface area contributed by atoms with E-state index in [1.165, 1.54) is 161 Å². The summed E-state index contributed by atoms with van der Waals surface area (Å²) in [6, 6.07) is 0. The summed E-state index contributed by atoms with van der Waals surface area (Å²) in [5.41, 5.74) is 0. The lowest BCUT2D eigenvalue weighted by Crippen LogP contribution is -2.58. The van der Waals surface area contributed by atoms with E-state index in [0.717, 1.165) is 32.1 Å². The summed E-state index contributed by atoms with van der Waals surface area (Å²) in [6.07, 6.45) is 37.3. The van der Waals surface area contributed by atoms with Gasteiger partial charge in [-0.1, -0.05) is 194 Å². The quantitative estimate of drug-likeness (QED) is 0.0451. The summed E-state index contributed by atoms with van der Waals surface area (Å²) in [5, 5.41) is 0. The second kappa shape index (κ2) is 30.7. The zero-order valence-corrected chi connectivity index (χ0v) is 39.3. The van der Waals surface area contributed by atoms with Crippen LogP contribution in [-0.4, -0.2) is 78.8 Å². The largest absolute Gasteiger partial charge is 0.464 e.